The molecular formula is C11H11BrFN3S. The number of H-pyrrole nitrogens is 1. The van der Waals surface area contributed by atoms with Crippen molar-refractivity contribution in [1.82, 2.24) is 14.8 Å². The Bertz CT molecular complexity index is 591. The summed E-state index contributed by atoms with van der Waals surface area (Å²) >= 11 is 8.45. The van der Waals surface area contributed by atoms with Gasteiger partial charge in [-0.2, -0.15) is 5.10 Å². The Hall–Kier alpha value is -1.01. The average molecular weight is 316 g/mol. The first-order chi connectivity index (χ1) is 8.13. The van der Waals surface area contributed by atoms with Gasteiger partial charge in [0, 0.05) is 11.0 Å². The minimum atomic E-state index is -0.306. The van der Waals surface area contributed by atoms with Gasteiger partial charge in [0.05, 0.1) is 5.56 Å². The van der Waals surface area contributed by atoms with Crippen molar-refractivity contribution in [3.8, 4) is 11.4 Å². The molecule has 0 aliphatic rings. The Morgan fingerprint density at radius 1 is 1.53 bits per heavy atom. The number of nitrogens with zero attached hydrogens (tertiary/aromatic N) is 2. The van der Waals surface area contributed by atoms with E-state index in [1.165, 1.54) is 6.07 Å². The van der Waals surface area contributed by atoms with Gasteiger partial charge >= 0.3 is 0 Å². The van der Waals surface area contributed by atoms with Crippen LogP contribution in [0.4, 0.5) is 4.39 Å². The molecule has 0 fully saturated rings. The molecular weight excluding hydrogens is 305 g/mol. The maximum Gasteiger partial charge on any atom is 0.195 e. The van der Waals surface area contributed by atoms with Crippen LogP contribution in [0, 0.1) is 10.6 Å². The van der Waals surface area contributed by atoms with Crippen LogP contribution in [0.25, 0.3) is 11.4 Å². The monoisotopic (exact) mass is 315 g/mol. The summed E-state index contributed by atoms with van der Waals surface area (Å²) in [5.41, 5.74) is 0.445. The molecule has 3 nitrogen and oxygen atoms in total. The van der Waals surface area contributed by atoms with Crippen LogP contribution in [0.2, 0.25) is 0 Å². The second kappa shape index (κ2) is 5.10. The van der Waals surface area contributed by atoms with Crippen molar-refractivity contribution >= 4 is 28.1 Å². The summed E-state index contributed by atoms with van der Waals surface area (Å²) in [7, 11) is 0. The van der Waals surface area contributed by atoms with E-state index in [-0.39, 0.29) is 5.82 Å². The van der Waals surface area contributed by atoms with Gasteiger partial charge in [0.15, 0.2) is 10.6 Å². The van der Waals surface area contributed by atoms with Crippen molar-refractivity contribution in [3.05, 3.63) is 33.3 Å². The van der Waals surface area contributed by atoms with Gasteiger partial charge in [-0.25, -0.2) is 4.39 Å². The highest BCUT2D eigenvalue weighted by molar-refractivity contribution is 9.10. The smallest absolute Gasteiger partial charge is 0.195 e. The lowest BCUT2D eigenvalue weighted by molar-refractivity contribution is 0.623. The summed E-state index contributed by atoms with van der Waals surface area (Å²) in [6.45, 7) is 2.76. The SMILES string of the molecule is CCCn1c(-c2cc(Br)ccc2F)n[nH]c1=S. The first-order valence-electron chi connectivity index (χ1n) is 5.24. The Balaban J connectivity index is 2.60. The molecule has 0 saturated heterocycles. The van der Waals surface area contributed by atoms with Crippen LogP contribution < -0.4 is 0 Å². The van der Waals surface area contributed by atoms with Crippen molar-refractivity contribution in [2.24, 2.45) is 0 Å². The van der Waals surface area contributed by atoms with Gasteiger partial charge in [-0.1, -0.05) is 22.9 Å². The van der Waals surface area contributed by atoms with Gasteiger partial charge in [0.1, 0.15) is 5.82 Å². The highest BCUT2D eigenvalue weighted by atomic mass is 79.9. The zero-order chi connectivity index (χ0) is 12.4. The van der Waals surface area contributed by atoms with E-state index in [2.05, 4.69) is 26.1 Å². The standard InChI is InChI=1S/C11H11BrFN3S/c1-2-5-16-10(14-15-11(16)17)8-6-7(12)3-4-9(8)13/h3-4,6H,2,5H2,1H3,(H,15,17). The van der Waals surface area contributed by atoms with Crippen LogP contribution in [-0.2, 0) is 6.54 Å². The Morgan fingerprint density at radius 3 is 3.00 bits per heavy atom. The number of aromatic nitrogens is 3. The molecule has 17 heavy (non-hydrogen) atoms. The maximum atomic E-state index is 13.8. The van der Waals surface area contributed by atoms with Gasteiger partial charge in [-0.15, -0.1) is 0 Å². The van der Waals surface area contributed by atoms with Gasteiger partial charge in [0.25, 0.3) is 0 Å². The van der Waals surface area contributed by atoms with Crippen molar-refractivity contribution in [1.29, 1.82) is 0 Å². The van der Waals surface area contributed by atoms with Gasteiger partial charge in [-0.05, 0) is 36.8 Å². The van der Waals surface area contributed by atoms with Crippen molar-refractivity contribution in [2.45, 2.75) is 19.9 Å². The molecule has 2 rings (SSSR count). The number of benzene rings is 1. The summed E-state index contributed by atoms with van der Waals surface area (Å²) in [6, 6.07) is 4.77. The van der Waals surface area contributed by atoms with E-state index >= 15 is 0 Å². The fourth-order valence-electron chi connectivity index (χ4n) is 1.62. The summed E-state index contributed by atoms with van der Waals surface area (Å²) < 4.78 is 16.9. The minimum absolute atomic E-state index is 0.306. The molecule has 1 heterocycles. The largest absolute Gasteiger partial charge is 0.300 e. The van der Waals surface area contributed by atoms with Crippen LogP contribution >= 0.6 is 28.1 Å². The first-order valence-corrected chi connectivity index (χ1v) is 6.44. The zero-order valence-electron chi connectivity index (χ0n) is 9.20. The molecule has 0 amide bonds. The molecule has 0 bridgehead atoms. The molecule has 1 N–H and O–H groups in total. The Morgan fingerprint density at radius 2 is 2.29 bits per heavy atom. The molecule has 0 aliphatic carbocycles. The quantitative estimate of drug-likeness (QED) is 0.871. The first kappa shape index (κ1) is 12.4. The van der Waals surface area contributed by atoms with E-state index in [1.807, 2.05) is 6.92 Å². The molecule has 0 atom stereocenters. The summed E-state index contributed by atoms with van der Waals surface area (Å²) in [6.07, 6.45) is 0.913. The van der Waals surface area contributed by atoms with Crippen LogP contribution in [0.3, 0.4) is 0 Å². The van der Waals surface area contributed by atoms with Crippen LogP contribution in [0.5, 0.6) is 0 Å². The number of nitrogens with one attached hydrogen (secondary N) is 1. The average Bonchev–Trinajstić information content (AvgIpc) is 2.65. The molecule has 90 valence electrons. The van der Waals surface area contributed by atoms with Crippen molar-refractivity contribution < 1.29 is 4.39 Å². The van der Waals surface area contributed by atoms with Crippen LogP contribution in [-0.4, -0.2) is 14.8 Å². The zero-order valence-corrected chi connectivity index (χ0v) is 11.6. The lowest BCUT2D eigenvalue weighted by Crippen LogP contribution is -2.01. The fourth-order valence-corrected chi connectivity index (χ4v) is 2.21. The molecule has 0 saturated carbocycles. The molecule has 0 unspecified atom stereocenters. The predicted molar refractivity (Wildman–Crippen MR) is 70.8 cm³/mol. The highest BCUT2D eigenvalue weighted by Gasteiger charge is 2.13. The summed E-state index contributed by atoms with van der Waals surface area (Å²) in [5, 5.41) is 6.79. The third kappa shape index (κ3) is 2.47. The van der Waals surface area contributed by atoms with Crippen molar-refractivity contribution in [2.75, 3.05) is 0 Å². The normalized spacial score (nSPS) is 10.8. The predicted octanol–water partition coefficient (Wildman–Crippen LogP) is 3.92. The Labute approximate surface area is 112 Å². The van der Waals surface area contributed by atoms with E-state index < -0.39 is 0 Å². The molecule has 1 aromatic heterocycles. The highest BCUT2D eigenvalue weighted by Crippen LogP contribution is 2.25. The van der Waals surface area contributed by atoms with E-state index in [9.17, 15) is 4.39 Å². The topological polar surface area (TPSA) is 33.6 Å². The number of rotatable bonds is 3. The van der Waals surface area contributed by atoms with E-state index in [0.717, 1.165) is 17.4 Å². The fraction of sp³-hybridized carbons (Fsp3) is 0.273. The lowest BCUT2D eigenvalue weighted by atomic mass is 10.2. The number of halogens is 2. The maximum absolute atomic E-state index is 13.8. The summed E-state index contributed by atoms with van der Waals surface area (Å²) in [5.74, 6) is 0.232. The Kier molecular flexibility index (Phi) is 3.73. The number of aromatic amines is 1. The molecule has 0 radical (unpaired) electrons. The minimum Gasteiger partial charge on any atom is -0.300 e. The van der Waals surface area contributed by atoms with E-state index in [1.54, 1.807) is 16.7 Å². The molecule has 1 aromatic carbocycles. The van der Waals surface area contributed by atoms with Gasteiger partial charge in [-0.3, -0.25) is 5.10 Å². The lowest BCUT2D eigenvalue weighted by Gasteiger charge is -2.06. The van der Waals surface area contributed by atoms with Crippen LogP contribution in [0.1, 0.15) is 13.3 Å². The van der Waals surface area contributed by atoms with Gasteiger partial charge in [0.2, 0.25) is 0 Å². The van der Waals surface area contributed by atoms with Crippen molar-refractivity contribution in [3.63, 3.8) is 0 Å². The number of hydrogen-bond donors (Lipinski definition) is 1. The van der Waals surface area contributed by atoms with Gasteiger partial charge < -0.3 is 4.57 Å². The number of hydrogen-bond acceptors (Lipinski definition) is 2. The molecule has 0 aliphatic heterocycles. The second-order valence-corrected chi connectivity index (χ2v) is 4.93. The van der Waals surface area contributed by atoms with Crippen LogP contribution in [0.15, 0.2) is 22.7 Å². The molecule has 6 heteroatoms. The molecule has 0 spiro atoms. The molecule has 2 aromatic rings. The van der Waals surface area contributed by atoms with E-state index in [0.29, 0.717) is 16.2 Å². The third-order valence-electron chi connectivity index (χ3n) is 2.37. The van der Waals surface area contributed by atoms with E-state index in [4.69, 9.17) is 12.2 Å². The summed E-state index contributed by atoms with van der Waals surface area (Å²) in [4.78, 5) is 0. The second-order valence-electron chi connectivity index (χ2n) is 3.63. The third-order valence-corrected chi connectivity index (χ3v) is 3.18.